The van der Waals surface area contributed by atoms with Crippen LogP contribution in [-0.2, 0) is 6.54 Å². The number of anilines is 1. The maximum atomic E-state index is 12.4. The van der Waals surface area contributed by atoms with Crippen molar-refractivity contribution in [1.29, 1.82) is 0 Å². The van der Waals surface area contributed by atoms with Crippen LogP contribution in [0.25, 0.3) is 0 Å². The normalized spacial score (nSPS) is 10.8. The molecule has 0 heterocycles. The molecule has 0 fully saturated rings. The van der Waals surface area contributed by atoms with Gasteiger partial charge < -0.3 is 10.1 Å². The highest BCUT2D eigenvalue weighted by molar-refractivity contribution is 14.1. The number of benzene rings is 2. The van der Waals surface area contributed by atoms with Crippen LogP contribution in [-0.4, -0.2) is 6.61 Å². The fraction of sp³-hybridized carbons (Fsp3) is 0.200. The number of halogens is 4. The van der Waals surface area contributed by atoms with Crippen molar-refractivity contribution >= 4 is 39.9 Å². The number of nitrogens with one attached hydrogen (secondary N) is 1. The molecular weight excluding hydrogens is 411 g/mol. The first-order valence-electron chi connectivity index (χ1n) is 6.19. The fourth-order valence-electron chi connectivity index (χ4n) is 1.91. The van der Waals surface area contributed by atoms with Crippen molar-refractivity contribution in [3.63, 3.8) is 0 Å². The van der Waals surface area contributed by atoms with Crippen LogP contribution in [0, 0.1) is 10.5 Å². The Kier molecular flexibility index (Phi) is 5.64. The van der Waals surface area contributed by atoms with E-state index in [-0.39, 0.29) is 5.75 Å². The first-order chi connectivity index (χ1) is 9.95. The van der Waals surface area contributed by atoms with Crippen molar-refractivity contribution < 1.29 is 13.5 Å². The molecule has 0 aliphatic heterocycles. The van der Waals surface area contributed by atoms with Gasteiger partial charge in [0.1, 0.15) is 5.75 Å². The highest BCUT2D eigenvalue weighted by Gasteiger charge is 2.10. The van der Waals surface area contributed by atoms with Crippen LogP contribution >= 0.6 is 34.2 Å². The van der Waals surface area contributed by atoms with Crippen LogP contribution in [0.2, 0.25) is 5.02 Å². The Hall–Kier alpha value is -1.08. The summed E-state index contributed by atoms with van der Waals surface area (Å²) in [6, 6.07) is 10.6. The number of aryl methyl sites for hydroxylation is 1. The molecule has 0 aromatic heterocycles. The van der Waals surface area contributed by atoms with Crippen LogP contribution in [0.3, 0.4) is 0 Å². The molecule has 6 heteroatoms. The lowest BCUT2D eigenvalue weighted by molar-refractivity contribution is -0.0504. The molecule has 2 aromatic carbocycles. The molecule has 0 bridgehead atoms. The van der Waals surface area contributed by atoms with Gasteiger partial charge in [-0.15, -0.1) is 0 Å². The summed E-state index contributed by atoms with van der Waals surface area (Å²) in [5.41, 5.74) is 2.61. The highest BCUT2D eigenvalue weighted by Crippen LogP contribution is 2.26. The molecule has 0 aliphatic carbocycles. The fourth-order valence-corrected chi connectivity index (χ4v) is 2.75. The predicted molar refractivity (Wildman–Crippen MR) is 89.3 cm³/mol. The Bertz CT molecular complexity index is 637. The van der Waals surface area contributed by atoms with E-state index >= 15 is 0 Å². The van der Waals surface area contributed by atoms with Gasteiger partial charge >= 0.3 is 6.61 Å². The number of alkyl halides is 2. The third-order valence-corrected chi connectivity index (χ3v) is 3.80. The summed E-state index contributed by atoms with van der Waals surface area (Å²) >= 11 is 8.15. The quantitative estimate of drug-likeness (QED) is 0.644. The molecular formula is C15H13ClF2INO. The van der Waals surface area contributed by atoms with Crippen molar-refractivity contribution in [3.05, 3.63) is 56.1 Å². The molecule has 0 aliphatic rings. The van der Waals surface area contributed by atoms with E-state index in [9.17, 15) is 8.78 Å². The maximum absolute atomic E-state index is 12.4. The Morgan fingerprint density at radius 1 is 1.24 bits per heavy atom. The molecule has 0 saturated heterocycles. The van der Waals surface area contributed by atoms with Gasteiger partial charge in [-0.05, 0) is 71.5 Å². The first kappa shape index (κ1) is 16.3. The van der Waals surface area contributed by atoms with Crippen molar-refractivity contribution in [2.75, 3.05) is 5.32 Å². The van der Waals surface area contributed by atoms with Gasteiger partial charge in [0.05, 0.1) is 0 Å². The minimum absolute atomic E-state index is 0.130. The second-order valence-electron chi connectivity index (χ2n) is 4.44. The molecule has 0 spiro atoms. The van der Waals surface area contributed by atoms with Crippen molar-refractivity contribution in [2.24, 2.45) is 0 Å². The van der Waals surface area contributed by atoms with Crippen LogP contribution in [0.15, 0.2) is 36.4 Å². The summed E-state index contributed by atoms with van der Waals surface area (Å²) in [6.07, 6.45) is 0. The number of rotatable bonds is 5. The molecule has 2 aromatic rings. The lowest BCUT2D eigenvalue weighted by Crippen LogP contribution is -2.07. The van der Waals surface area contributed by atoms with Gasteiger partial charge in [0, 0.05) is 26.4 Å². The number of ether oxygens (including phenoxy) is 1. The topological polar surface area (TPSA) is 21.3 Å². The molecule has 0 atom stereocenters. The average Bonchev–Trinajstić information content (AvgIpc) is 2.40. The molecule has 2 nitrogen and oxygen atoms in total. The van der Waals surface area contributed by atoms with E-state index < -0.39 is 6.61 Å². The Morgan fingerprint density at radius 2 is 2.00 bits per heavy atom. The van der Waals surface area contributed by atoms with Crippen LogP contribution < -0.4 is 10.1 Å². The summed E-state index contributed by atoms with van der Waals surface area (Å²) < 4.78 is 30.4. The Morgan fingerprint density at radius 3 is 2.67 bits per heavy atom. The zero-order valence-corrected chi connectivity index (χ0v) is 14.1. The molecule has 0 radical (unpaired) electrons. The second-order valence-corrected chi connectivity index (χ2v) is 6.13. The van der Waals surface area contributed by atoms with E-state index in [0.717, 1.165) is 14.8 Å². The van der Waals surface area contributed by atoms with Crippen molar-refractivity contribution in [1.82, 2.24) is 0 Å². The summed E-state index contributed by atoms with van der Waals surface area (Å²) in [6.45, 7) is -0.520. The van der Waals surface area contributed by atoms with Crippen molar-refractivity contribution in [2.45, 2.75) is 20.1 Å². The van der Waals surface area contributed by atoms with E-state index in [1.807, 2.05) is 25.1 Å². The standard InChI is InChI=1S/C15H13ClF2INO/c1-9-6-12(19)3-4-13(9)20-8-10-7-11(16)2-5-14(10)21-15(17)18/h2-7,15,20H,8H2,1H3. The average molecular weight is 424 g/mol. The molecule has 112 valence electrons. The molecule has 0 saturated carbocycles. The largest absolute Gasteiger partial charge is 0.434 e. The van der Waals surface area contributed by atoms with Gasteiger partial charge in [-0.3, -0.25) is 0 Å². The number of hydrogen-bond donors (Lipinski definition) is 1. The van der Waals surface area contributed by atoms with Gasteiger partial charge in [-0.25, -0.2) is 0 Å². The summed E-state index contributed by atoms with van der Waals surface area (Å²) in [4.78, 5) is 0. The molecule has 0 unspecified atom stereocenters. The Labute approximate surface area is 140 Å². The lowest BCUT2D eigenvalue weighted by atomic mass is 10.1. The molecule has 2 rings (SSSR count). The smallest absolute Gasteiger partial charge is 0.387 e. The monoisotopic (exact) mass is 423 g/mol. The number of hydrogen-bond acceptors (Lipinski definition) is 2. The minimum atomic E-state index is -2.86. The van der Waals surface area contributed by atoms with E-state index in [1.165, 1.54) is 12.1 Å². The lowest BCUT2D eigenvalue weighted by Gasteiger charge is -2.14. The SMILES string of the molecule is Cc1cc(I)ccc1NCc1cc(Cl)ccc1OC(F)F. The van der Waals surface area contributed by atoms with Crippen LogP contribution in [0.1, 0.15) is 11.1 Å². The predicted octanol–water partition coefficient (Wildman–Crippen LogP) is 5.47. The molecule has 1 N–H and O–H groups in total. The third kappa shape index (κ3) is 4.71. The first-order valence-corrected chi connectivity index (χ1v) is 7.64. The van der Waals surface area contributed by atoms with E-state index in [0.29, 0.717) is 17.1 Å². The Balaban J connectivity index is 2.16. The maximum Gasteiger partial charge on any atom is 0.387 e. The van der Waals surface area contributed by atoms with Crippen molar-refractivity contribution in [3.8, 4) is 5.75 Å². The highest BCUT2D eigenvalue weighted by atomic mass is 127. The van der Waals surface area contributed by atoms with Gasteiger partial charge in [-0.2, -0.15) is 8.78 Å². The van der Waals surface area contributed by atoms with Gasteiger partial charge in [0.2, 0.25) is 0 Å². The third-order valence-electron chi connectivity index (χ3n) is 2.90. The second kappa shape index (κ2) is 7.26. The van der Waals surface area contributed by atoms with Crippen LogP contribution in [0.4, 0.5) is 14.5 Å². The van der Waals surface area contributed by atoms with E-state index in [1.54, 1.807) is 6.07 Å². The summed E-state index contributed by atoms with van der Waals surface area (Å²) in [5.74, 6) is 0.130. The minimum Gasteiger partial charge on any atom is -0.434 e. The molecule has 21 heavy (non-hydrogen) atoms. The van der Waals surface area contributed by atoms with Gasteiger partial charge in [-0.1, -0.05) is 11.6 Å². The molecule has 0 amide bonds. The van der Waals surface area contributed by atoms with Crippen LogP contribution in [0.5, 0.6) is 5.75 Å². The van der Waals surface area contributed by atoms with Gasteiger partial charge in [0.15, 0.2) is 0 Å². The zero-order valence-electron chi connectivity index (χ0n) is 11.2. The van der Waals surface area contributed by atoms with Gasteiger partial charge in [0.25, 0.3) is 0 Å². The van der Waals surface area contributed by atoms with E-state index in [4.69, 9.17) is 11.6 Å². The summed E-state index contributed by atoms with van der Waals surface area (Å²) in [7, 11) is 0. The van der Waals surface area contributed by atoms with E-state index in [2.05, 4.69) is 32.6 Å². The summed E-state index contributed by atoms with van der Waals surface area (Å²) in [5, 5.41) is 3.69. The zero-order chi connectivity index (χ0) is 15.4.